The fourth-order valence-corrected chi connectivity index (χ4v) is 5.97. The van der Waals surface area contributed by atoms with Gasteiger partial charge >= 0.3 is 18.1 Å². The Kier molecular flexibility index (Phi) is 19.5. The molecule has 3 aromatic carbocycles. The van der Waals surface area contributed by atoms with Gasteiger partial charge in [-0.05, 0) is 48.8 Å². The summed E-state index contributed by atoms with van der Waals surface area (Å²) >= 11 is 0. The maximum absolute atomic E-state index is 14.0. The lowest BCUT2D eigenvalue weighted by Crippen LogP contribution is -2.60. The molecule has 3 rings (SSSR count). The average molecular weight is 830 g/mol. The Morgan fingerprint density at radius 1 is 0.517 bits per heavy atom. The van der Waals surface area contributed by atoms with Crippen LogP contribution in [0.2, 0.25) is 0 Å². The van der Waals surface area contributed by atoms with Crippen LogP contribution in [0.25, 0.3) is 0 Å². The molecule has 60 heavy (non-hydrogen) atoms. The number of hydrogen-bond donors (Lipinski definition) is 7. The van der Waals surface area contributed by atoms with Crippen LogP contribution in [-0.2, 0) is 52.9 Å². The van der Waals surface area contributed by atoms with E-state index in [2.05, 4.69) is 37.2 Å². The smallest absolute Gasteiger partial charge is 0.408 e. The lowest BCUT2D eigenvalue weighted by atomic mass is 9.99. The van der Waals surface area contributed by atoms with E-state index < -0.39 is 78.1 Å². The zero-order valence-electron chi connectivity index (χ0n) is 35.3. The maximum atomic E-state index is 14.0. The second-order valence-corrected chi connectivity index (χ2v) is 15.2. The Balaban J connectivity index is 1.73. The fourth-order valence-electron chi connectivity index (χ4n) is 5.97. The largest absolute Gasteiger partial charge is 0.467 e. The first-order valence-electron chi connectivity index (χ1n) is 20.0. The van der Waals surface area contributed by atoms with Crippen LogP contribution in [0.3, 0.4) is 0 Å². The summed E-state index contributed by atoms with van der Waals surface area (Å²) < 4.78 is 10.1. The van der Waals surface area contributed by atoms with Crippen LogP contribution in [-0.4, -0.2) is 85.2 Å². The number of nitrogens with one attached hydrogen (secondary N) is 7. The zero-order valence-corrected chi connectivity index (χ0v) is 35.3. The number of methoxy groups -OCH3 is 1. The Hall–Kier alpha value is -6.45. The van der Waals surface area contributed by atoms with Gasteiger partial charge < -0.3 is 46.7 Å². The number of benzene rings is 3. The van der Waals surface area contributed by atoms with Gasteiger partial charge in [-0.3, -0.25) is 19.2 Å². The first kappa shape index (κ1) is 47.9. The summed E-state index contributed by atoms with van der Waals surface area (Å²) in [6, 6.07) is 20.9. The molecule has 16 nitrogen and oxygen atoms in total. The summed E-state index contributed by atoms with van der Waals surface area (Å²) in [7, 11) is 1.23. The number of alkyl carbamates (subject to hydrolysis) is 1. The van der Waals surface area contributed by atoms with Crippen molar-refractivity contribution in [3.8, 4) is 0 Å². The summed E-state index contributed by atoms with van der Waals surface area (Å²) in [6.45, 7) is 10.2. The van der Waals surface area contributed by atoms with Crippen molar-refractivity contribution >= 4 is 41.7 Å². The molecule has 7 N–H and O–H groups in total. The average Bonchev–Trinajstić information content (AvgIpc) is 3.21. The molecular weight excluding hydrogens is 771 g/mol. The Labute approximate surface area is 351 Å². The highest BCUT2D eigenvalue weighted by Crippen LogP contribution is 2.11. The number of carbonyl (C=O) groups excluding carboxylic acids is 7. The minimum Gasteiger partial charge on any atom is -0.467 e. The standard InChI is InChI=1S/C44H59N7O9/c1-27(2)23-34(41(55)51-37(28(3)4)42(56)59-7)47-40(54)35(24-31-17-11-8-12-18-31)48-43(57)50-36(25-32-19-13-9-14-20-32)49-39(53)29(5)45-38(52)30(6)46-44(58)60-26-33-21-15-10-16-22-33/h8-22,27-30,34-37H,23-26H2,1-7H3,(H,45,52)(H,46,58)(H,47,54)(H,49,53)(H,51,55)(H2,48,50,57)/t29-,30-,34-,35-,36+,37-/m0/s1. The molecule has 0 fully saturated rings. The van der Waals surface area contributed by atoms with Crippen molar-refractivity contribution in [1.29, 1.82) is 0 Å². The number of urea groups is 1. The lowest BCUT2D eigenvalue weighted by molar-refractivity contribution is -0.146. The van der Waals surface area contributed by atoms with Crippen LogP contribution in [0.1, 0.15) is 64.7 Å². The molecule has 3 aromatic rings. The summed E-state index contributed by atoms with van der Waals surface area (Å²) in [4.78, 5) is 92.4. The summed E-state index contributed by atoms with van der Waals surface area (Å²) in [5.41, 5.74) is 2.25. The highest BCUT2D eigenvalue weighted by Gasteiger charge is 2.32. The Morgan fingerprint density at radius 2 is 1.02 bits per heavy atom. The van der Waals surface area contributed by atoms with E-state index in [1.54, 1.807) is 74.5 Å². The van der Waals surface area contributed by atoms with E-state index in [0.29, 0.717) is 0 Å². The van der Waals surface area contributed by atoms with Crippen LogP contribution in [0.15, 0.2) is 91.0 Å². The molecule has 16 heteroatoms. The van der Waals surface area contributed by atoms with Gasteiger partial charge in [0.25, 0.3) is 0 Å². The van der Waals surface area contributed by atoms with E-state index in [-0.39, 0.29) is 37.7 Å². The SMILES string of the molecule is COC(=O)[C@@H](NC(=O)[C@H](CC(C)C)NC(=O)[C@H](Cc1ccccc1)NC(=O)N[C@H](Cc1ccccc1)NC(=O)[C@H](C)NC(=O)[C@H](C)NC(=O)OCc1ccccc1)C(C)C. The lowest BCUT2D eigenvalue weighted by Gasteiger charge is -2.28. The van der Waals surface area contributed by atoms with E-state index in [9.17, 15) is 33.6 Å². The van der Waals surface area contributed by atoms with Crippen LogP contribution < -0.4 is 37.2 Å². The van der Waals surface area contributed by atoms with Crippen molar-refractivity contribution in [3.63, 3.8) is 0 Å². The molecule has 0 saturated heterocycles. The molecule has 0 aliphatic rings. The van der Waals surface area contributed by atoms with Crippen molar-refractivity contribution in [2.75, 3.05) is 7.11 Å². The molecular formula is C44H59N7O9. The van der Waals surface area contributed by atoms with Gasteiger partial charge in [-0.1, -0.05) is 119 Å². The van der Waals surface area contributed by atoms with Crippen molar-refractivity contribution in [1.82, 2.24) is 37.2 Å². The van der Waals surface area contributed by atoms with Gasteiger partial charge in [-0.15, -0.1) is 0 Å². The predicted octanol–water partition coefficient (Wildman–Crippen LogP) is 3.25. The maximum Gasteiger partial charge on any atom is 0.408 e. The molecule has 7 amide bonds. The van der Waals surface area contributed by atoms with Crippen molar-refractivity contribution in [2.45, 2.75) is 104 Å². The van der Waals surface area contributed by atoms with Gasteiger partial charge in [-0.25, -0.2) is 14.4 Å². The van der Waals surface area contributed by atoms with Crippen LogP contribution in [0, 0.1) is 11.8 Å². The summed E-state index contributed by atoms with van der Waals surface area (Å²) in [6.07, 6.45) is -1.41. The van der Waals surface area contributed by atoms with Crippen molar-refractivity contribution < 1.29 is 43.0 Å². The van der Waals surface area contributed by atoms with E-state index in [0.717, 1.165) is 16.7 Å². The van der Waals surface area contributed by atoms with Gasteiger partial charge in [0, 0.05) is 12.8 Å². The monoisotopic (exact) mass is 829 g/mol. The van der Waals surface area contributed by atoms with Gasteiger partial charge in [0.15, 0.2) is 0 Å². The third kappa shape index (κ3) is 16.8. The Bertz CT molecular complexity index is 1860. The number of carbonyl (C=O) groups is 7. The number of amides is 7. The molecule has 0 unspecified atom stereocenters. The van der Waals surface area contributed by atoms with E-state index in [4.69, 9.17) is 9.47 Å². The Morgan fingerprint density at radius 3 is 1.55 bits per heavy atom. The van der Waals surface area contributed by atoms with E-state index >= 15 is 0 Å². The highest BCUT2D eigenvalue weighted by molar-refractivity contribution is 5.94. The van der Waals surface area contributed by atoms with Gasteiger partial charge in [0.1, 0.15) is 43.0 Å². The van der Waals surface area contributed by atoms with Gasteiger partial charge in [0.2, 0.25) is 23.6 Å². The molecule has 0 spiro atoms. The summed E-state index contributed by atoms with van der Waals surface area (Å²) in [5.74, 6) is -3.47. The molecule has 0 aliphatic carbocycles. The van der Waals surface area contributed by atoms with Gasteiger partial charge in [0.05, 0.1) is 7.11 Å². The number of hydrogen-bond acceptors (Lipinski definition) is 9. The predicted molar refractivity (Wildman–Crippen MR) is 225 cm³/mol. The fraction of sp³-hybridized carbons (Fsp3) is 0.432. The van der Waals surface area contributed by atoms with E-state index in [1.807, 2.05) is 44.2 Å². The van der Waals surface area contributed by atoms with Crippen LogP contribution in [0.5, 0.6) is 0 Å². The quantitative estimate of drug-likeness (QED) is 0.0618. The van der Waals surface area contributed by atoms with Crippen molar-refractivity contribution in [2.24, 2.45) is 11.8 Å². The topological polar surface area (TPSA) is 222 Å². The molecule has 0 radical (unpaired) electrons. The minimum absolute atomic E-state index is 0.00793. The molecule has 0 heterocycles. The third-order valence-corrected chi connectivity index (χ3v) is 9.26. The second kappa shape index (κ2) is 24.5. The normalized spacial score (nSPS) is 13.9. The first-order chi connectivity index (χ1) is 28.6. The van der Waals surface area contributed by atoms with Crippen LogP contribution in [0.4, 0.5) is 9.59 Å². The molecule has 0 saturated carbocycles. The molecule has 0 bridgehead atoms. The number of ether oxygens (including phenoxy) is 2. The first-order valence-corrected chi connectivity index (χ1v) is 20.0. The third-order valence-electron chi connectivity index (χ3n) is 9.26. The second-order valence-electron chi connectivity index (χ2n) is 15.2. The van der Waals surface area contributed by atoms with Crippen molar-refractivity contribution in [3.05, 3.63) is 108 Å². The molecule has 0 aliphatic heterocycles. The minimum atomic E-state index is -1.18. The molecule has 6 atom stereocenters. The zero-order chi connectivity index (χ0) is 44.2. The van der Waals surface area contributed by atoms with Gasteiger partial charge in [-0.2, -0.15) is 0 Å². The van der Waals surface area contributed by atoms with Crippen LogP contribution >= 0.6 is 0 Å². The van der Waals surface area contributed by atoms with E-state index in [1.165, 1.54) is 21.0 Å². The summed E-state index contributed by atoms with van der Waals surface area (Å²) in [5, 5.41) is 18.7. The highest BCUT2D eigenvalue weighted by atomic mass is 16.5. The number of esters is 1. The number of rotatable bonds is 21. The molecule has 324 valence electrons. The molecule has 0 aromatic heterocycles.